The van der Waals surface area contributed by atoms with Gasteiger partial charge in [-0.05, 0) is 41.5 Å². The number of nitrogens with one attached hydrogen (secondary N) is 1. The molecule has 0 aliphatic carbocycles. The maximum Gasteiger partial charge on any atom is 0.422 e. The van der Waals surface area contributed by atoms with Crippen molar-refractivity contribution in [3.05, 3.63) is 0 Å². The fraction of sp³-hybridized carbons (Fsp3) is 0.900. The largest absolute Gasteiger partial charge is 0.446 e. The van der Waals surface area contributed by atoms with Gasteiger partial charge in [-0.1, -0.05) is 0 Å². The summed E-state index contributed by atoms with van der Waals surface area (Å²) < 4.78 is 31.7. The predicted octanol–water partition coefficient (Wildman–Crippen LogP) is 1.48. The van der Waals surface area contributed by atoms with Gasteiger partial charge in [0.1, 0.15) is 0 Å². The van der Waals surface area contributed by atoms with E-state index in [-0.39, 0.29) is 18.2 Å². The number of nitrogens with zero attached hydrogens (tertiary/aromatic N) is 1. The van der Waals surface area contributed by atoms with E-state index >= 15 is 0 Å². The van der Waals surface area contributed by atoms with E-state index in [4.69, 9.17) is 4.74 Å². The molecular weight excluding hydrogens is 244 g/mol. The summed E-state index contributed by atoms with van der Waals surface area (Å²) in [5.41, 5.74) is 0. The summed E-state index contributed by atoms with van der Waals surface area (Å²) in [4.78, 5) is 11.3. The average Bonchev–Trinajstić information content (AvgIpc) is 1.95. The maximum absolute atomic E-state index is 11.9. The molecule has 0 unspecified atom stereocenters. The molecule has 102 valence electrons. The van der Waals surface area contributed by atoms with E-state index in [1.54, 1.807) is 41.5 Å². The van der Waals surface area contributed by atoms with Crippen LogP contribution < -0.4 is 4.72 Å². The van der Waals surface area contributed by atoms with Gasteiger partial charge in [0, 0.05) is 12.1 Å². The summed E-state index contributed by atoms with van der Waals surface area (Å²) in [6.07, 6.45) is -1.32. The van der Waals surface area contributed by atoms with Crippen molar-refractivity contribution in [3.63, 3.8) is 0 Å². The van der Waals surface area contributed by atoms with Gasteiger partial charge in [0.25, 0.3) is 0 Å². The van der Waals surface area contributed by atoms with Crippen LogP contribution in [0.15, 0.2) is 0 Å². The Labute approximate surface area is 104 Å². The van der Waals surface area contributed by atoms with Crippen LogP contribution in [-0.4, -0.2) is 37.0 Å². The number of ether oxygens (including phenoxy) is 1. The number of hydrogen-bond donors (Lipinski definition) is 1. The zero-order chi connectivity index (χ0) is 13.8. The minimum absolute atomic E-state index is 0.237. The highest BCUT2D eigenvalue weighted by Gasteiger charge is 2.29. The zero-order valence-electron chi connectivity index (χ0n) is 11.2. The Morgan fingerprint density at radius 3 is 1.76 bits per heavy atom. The smallest absolute Gasteiger partial charge is 0.422 e. The molecule has 0 saturated carbocycles. The van der Waals surface area contributed by atoms with Crippen molar-refractivity contribution in [1.82, 2.24) is 9.03 Å². The van der Waals surface area contributed by atoms with E-state index in [0.717, 1.165) is 0 Å². The molecule has 0 aromatic heterocycles. The monoisotopic (exact) mass is 266 g/mol. The van der Waals surface area contributed by atoms with E-state index in [2.05, 4.69) is 0 Å². The highest BCUT2D eigenvalue weighted by molar-refractivity contribution is 7.87. The lowest BCUT2D eigenvalue weighted by atomic mass is 10.3. The minimum Gasteiger partial charge on any atom is -0.446 e. The lowest BCUT2D eigenvalue weighted by Gasteiger charge is -2.29. The molecule has 17 heavy (non-hydrogen) atoms. The first-order valence-electron chi connectivity index (χ1n) is 5.59. The first-order valence-corrected chi connectivity index (χ1v) is 7.03. The Balaban J connectivity index is 4.82. The van der Waals surface area contributed by atoms with Gasteiger partial charge in [0.2, 0.25) is 0 Å². The van der Waals surface area contributed by atoms with Gasteiger partial charge in [0.05, 0.1) is 6.10 Å². The van der Waals surface area contributed by atoms with Gasteiger partial charge in [-0.25, -0.2) is 9.52 Å². The molecule has 1 amide bonds. The molecule has 0 spiro atoms. The van der Waals surface area contributed by atoms with E-state index in [1.807, 2.05) is 4.72 Å². The second-order valence-electron chi connectivity index (χ2n) is 4.58. The van der Waals surface area contributed by atoms with Crippen LogP contribution in [0.5, 0.6) is 0 Å². The van der Waals surface area contributed by atoms with Gasteiger partial charge in [0.15, 0.2) is 0 Å². The van der Waals surface area contributed by atoms with E-state index in [0.29, 0.717) is 0 Å². The summed E-state index contributed by atoms with van der Waals surface area (Å²) >= 11 is 0. The predicted molar refractivity (Wildman–Crippen MR) is 65.8 cm³/mol. The molecule has 0 rings (SSSR count). The molecule has 1 N–H and O–H groups in total. The molecule has 6 nitrogen and oxygen atoms in total. The van der Waals surface area contributed by atoms with Gasteiger partial charge in [-0.3, -0.25) is 0 Å². The van der Waals surface area contributed by atoms with Crippen LogP contribution in [0, 0.1) is 0 Å². The number of carbonyl (C=O) groups excluding carboxylic acids is 1. The van der Waals surface area contributed by atoms with Gasteiger partial charge < -0.3 is 4.74 Å². The van der Waals surface area contributed by atoms with Crippen LogP contribution in [0.4, 0.5) is 4.79 Å². The van der Waals surface area contributed by atoms with Crippen molar-refractivity contribution in [2.45, 2.75) is 59.7 Å². The maximum atomic E-state index is 11.9. The quantitative estimate of drug-likeness (QED) is 0.818. The fourth-order valence-electron chi connectivity index (χ4n) is 1.55. The summed E-state index contributed by atoms with van der Waals surface area (Å²) in [5, 5.41) is 0. The Hall–Kier alpha value is -0.820. The van der Waals surface area contributed by atoms with Crippen molar-refractivity contribution in [1.29, 1.82) is 0 Å². The number of amides is 1. The first-order chi connectivity index (χ1) is 7.58. The van der Waals surface area contributed by atoms with E-state index in [1.165, 1.54) is 4.31 Å². The standard InChI is InChI=1S/C10H22N2O4S/c1-7(2)12(8(3)4)17(14,15)11-10(13)16-9(5)6/h7-9H,1-6H3,(H,11,13). The average molecular weight is 266 g/mol. The molecule has 0 aromatic rings. The van der Waals surface area contributed by atoms with Crippen molar-refractivity contribution in [2.75, 3.05) is 0 Å². The second kappa shape index (κ2) is 6.20. The van der Waals surface area contributed by atoms with Gasteiger partial charge >= 0.3 is 16.3 Å². The third-order valence-corrected chi connectivity index (χ3v) is 3.67. The van der Waals surface area contributed by atoms with Crippen LogP contribution in [0.1, 0.15) is 41.5 Å². The van der Waals surface area contributed by atoms with Crippen LogP contribution in [-0.2, 0) is 14.9 Å². The molecule has 0 radical (unpaired) electrons. The van der Waals surface area contributed by atoms with Crippen LogP contribution in [0.3, 0.4) is 0 Å². The molecule has 0 bridgehead atoms. The van der Waals surface area contributed by atoms with E-state index in [9.17, 15) is 13.2 Å². The molecule has 0 saturated heterocycles. The molecule has 0 aromatic carbocycles. The van der Waals surface area contributed by atoms with Crippen molar-refractivity contribution in [3.8, 4) is 0 Å². The lowest BCUT2D eigenvalue weighted by Crippen LogP contribution is -2.50. The Kier molecular flexibility index (Phi) is 5.91. The Bertz CT molecular complexity index is 341. The topological polar surface area (TPSA) is 75.7 Å². The van der Waals surface area contributed by atoms with Crippen molar-refractivity contribution in [2.24, 2.45) is 0 Å². The second-order valence-corrected chi connectivity index (χ2v) is 6.15. The Morgan fingerprint density at radius 2 is 1.47 bits per heavy atom. The molecule has 0 fully saturated rings. The molecule has 0 aliphatic heterocycles. The summed E-state index contributed by atoms with van der Waals surface area (Å²) in [6.45, 7) is 10.3. The molecule has 0 heterocycles. The zero-order valence-corrected chi connectivity index (χ0v) is 12.0. The van der Waals surface area contributed by atoms with Crippen molar-refractivity contribution < 1.29 is 17.9 Å². The number of rotatable bonds is 5. The summed E-state index contributed by atoms with van der Waals surface area (Å²) in [5.74, 6) is 0. The van der Waals surface area contributed by atoms with E-state index < -0.39 is 16.3 Å². The normalized spacial score (nSPS) is 12.6. The van der Waals surface area contributed by atoms with Crippen molar-refractivity contribution >= 4 is 16.3 Å². The van der Waals surface area contributed by atoms with Gasteiger partial charge in [-0.2, -0.15) is 12.7 Å². The third kappa shape index (κ3) is 5.36. The summed E-state index contributed by atoms with van der Waals surface area (Å²) in [6, 6.07) is -0.473. The Morgan fingerprint density at radius 1 is 1.06 bits per heavy atom. The highest BCUT2D eigenvalue weighted by Crippen LogP contribution is 2.10. The third-order valence-electron chi connectivity index (χ3n) is 1.85. The lowest BCUT2D eigenvalue weighted by molar-refractivity contribution is 0.120. The van der Waals surface area contributed by atoms with Crippen LogP contribution in [0.2, 0.25) is 0 Å². The molecule has 0 atom stereocenters. The minimum atomic E-state index is -3.86. The fourth-order valence-corrected chi connectivity index (χ4v) is 3.02. The highest BCUT2D eigenvalue weighted by atomic mass is 32.2. The molecule has 7 heteroatoms. The number of hydrogen-bond acceptors (Lipinski definition) is 4. The van der Waals surface area contributed by atoms with Gasteiger partial charge in [-0.15, -0.1) is 0 Å². The van der Waals surface area contributed by atoms with Crippen LogP contribution in [0.25, 0.3) is 0 Å². The van der Waals surface area contributed by atoms with Crippen LogP contribution >= 0.6 is 0 Å². The SMILES string of the molecule is CC(C)OC(=O)NS(=O)(=O)N(C(C)C)C(C)C. The first kappa shape index (κ1) is 16.2. The number of carbonyl (C=O) groups is 1. The molecule has 0 aliphatic rings. The molecular formula is C10H22N2O4S. The summed E-state index contributed by atoms with van der Waals surface area (Å²) in [7, 11) is -3.86.